The zero-order valence-corrected chi connectivity index (χ0v) is 12.5. The molecule has 0 aliphatic heterocycles. The van der Waals surface area contributed by atoms with E-state index in [1.54, 1.807) is 12.1 Å². The van der Waals surface area contributed by atoms with Crippen molar-refractivity contribution in [3.63, 3.8) is 0 Å². The maximum Gasteiger partial charge on any atom is 0.170 e. The smallest absolute Gasteiger partial charge is 0.170 e. The number of benzene rings is 1. The van der Waals surface area contributed by atoms with Crippen molar-refractivity contribution in [3.05, 3.63) is 46.8 Å². The van der Waals surface area contributed by atoms with Gasteiger partial charge in [0.05, 0.1) is 11.4 Å². The van der Waals surface area contributed by atoms with E-state index in [0.29, 0.717) is 17.9 Å². The molecular formula is C15H20N4O2. The number of hydrogen-bond donors (Lipinski definition) is 2. The first-order valence-electron chi connectivity index (χ1n) is 6.78. The summed E-state index contributed by atoms with van der Waals surface area (Å²) in [5.74, 6) is 0.770. The molecule has 0 fully saturated rings. The standard InChI is InChI=1S/C15H20N4O2/c1-4-12-8-13(19(3)17-12)9-21-14-7-11(15(16)18-20)6-5-10(14)2/h5-8,20H,4,9H2,1-3H3,(H2,16,18). The van der Waals surface area contributed by atoms with Gasteiger partial charge in [-0.05, 0) is 31.0 Å². The number of oxime groups is 1. The minimum absolute atomic E-state index is 0.0636. The van der Waals surface area contributed by atoms with Crippen LogP contribution < -0.4 is 10.5 Å². The topological polar surface area (TPSA) is 85.7 Å². The Balaban J connectivity index is 2.17. The van der Waals surface area contributed by atoms with Crippen molar-refractivity contribution in [1.29, 1.82) is 0 Å². The fourth-order valence-electron chi connectivity index (χ4n) is 2.00. The second kappa shape index (κ2) is 6.30. The van der Waals surface area contributed by atoms with E-state index in [-0.39, 0.29) is 5.84 Å². The third kappa shape index (κ3) is 3.34. The van der Waals surface area contributed by atoms with E-state index in [1.807, 2.05) is 30.8 Å². The van der Waals surface area contributed by atoms with Crippen LogP contribution in [0.5, 0.6) is 5.75 Å². The summed E-state index contributed by atoms with van der Waals surface area (Å²) in [6.45, 7) is 4.44. The van der Waals surface area contributed by atoms with Crippen LogP contribution in [0.25, 0.3) is 0 Å². The third-order valence-corrected chi connectivity index (χ3v) is 3.36. The molecule has 2 aromatic rings. The van der Waals surface area contributed by atoms with Crippen LogP contribution >= 0.6 is 0 Å². The van der Waals surface area contributed by atoms with Gasteiger partial charge in [-0.3, -0.25) is 4.68 Å². The van der Waals surface area contributed by atoms with Gasteiger partial charge in [0.2, 0.25) is 0 Å². The lowest BCUT2D eigenvalue weighted by molar-refractivity contribution is 0.293. The molecule has 0 saturated carbocycles. The van der Waals surface area contributed by atoms with E-state index in [0.717, 1.165) is 23.4 Å². The second-order valence-electron chi connectivity index (χ2n) is 4.86. The molecule has 2 rings (SSSR count). The molecule has 0 unspecified atom stereocenters. The number of aryl methyl sites for hydroxylation is 3. The van der Waals surface area contributed by atoms with E-state index >= 15 is 0 Å². The van der Waals surface area contributed by atoms with Crippen LogP contribution in [0, 0.1) is 6.92 Å². The van der Waals surface area contributed by atoms with Gasteiger partial charge in [0.15, 0.2) is 5.84 Å². The monoisotopic (exact) mass is 288 g/mol. The Labute approximate surface area is 123 Å². The van der Waals surface area contributed by atoms with E-state index in [4.69, 9.17) is 15.7 Å². The Hall–Kier alpha value is -2.50. The Morgan fingerprint density at radius 3 is 2.81 bits per heavy atom. The van der Waals surface area contributed by atoms with Crippen molar-refractivity contribution < 1.29 is 9.94 Å². The molecule has 0 amide bonds. The molecule has 1 heterocycles. The highest BCUT2D eigenvalue weighted by molar-refractivity contribution is 5.97. The van der Waals surface area contributed by atoms with E-state index in [2.05, 4.69) is 17.2 Å². The molecule has 0 radical (unpaired) electrons. The fourth-order valence-corrected chi connectivity index (χ4v) is 2.00. The van der Waals surface area contributed by atoms with Crippen molar-refractivity contribution in [2.45, 2.75) is 26.9 Å². The maximum atomic E-state index is 8.73. The minimum Gasteiger partial charge on any atom is -0.487 e. The van der Waals surface area contributed by atoms with Gasteiger partial charge in [0.1, 0.15) is 12.4 Å². The van der Waals surface area contributed by atoms with Gasteiger partial charge < -0.3 is 15.7 Å². The lowest BCUT2D eigenvalue weighted by Gasteiger charge is -2.10. The maximum absolute atomic E-state index is 8.73. The summed E-state index contributed by atoms with van der Waals surface area (Å²) >= 11 is 0. The Morgan fingerprint density at radius 1 is 1.43 bits per heavy atom. The number of nitrogens with zero attached hydrogens (tertiary/aromatic N) is 3. The summed E-state index contributed by atoms with van der Waals surface area (Å²) in [6.07, 6.45) is 0.895. The molecule has 0 saturated heterocycles. The van der Waals surface area contributed by atoms with Crippen LogP contribution in [0.3, 0.4) is 0 Å². The van der Waals surface area contributed by atoms with Crippen molar-refractivity contribution in [2.24, 2.45) is 17.9 Å². The molecule has 1 aromatic heterocycles. The van der Waals surface area contributed by atoms with E-state index < -0.39 is 0 Å². The number of amidine groups is 1. The number of hydrogen-bond acceptors (Lipinski definition) is 4. The van der Waals surface area contributed by atoms with Crippen molar-refractivity contribution in [3.8, 4) is 5.75 Å². The van der Waals surface area contributed by atoms with Crippen LogP contribution in [0.2, 0.25) is 0 Å². The predicted molar refractivity (Wildman–Crippen MR) is 80.6 cm³/mol. The first-order chi connectivity index (χ1) is 10.0. The largest absolute Gasteiger partial charge is 0.487 e. The normalized spacial score (nSPS) is 11.7. The molecule has 1 aromatic carbocycles. The van der Waals surface area contributed by atoms with Gasteiger partial charge in [0.25, 0.3) is 0 Å². The average Bonchev–Trinajstić information content (AvgIpc) is 2.86. The Bertz CT molecular complexity index is 662. The summed E-state index contributed by atoms with van der Waals surface area (Å²) in [7, 11) is 1.90. The number of nitrogens with two attached hydrogens (primary N) is 1. The molecule has 0 spiro atoms. The molecule has 112 valence electrons. The molecular weight excluding hydrogens is 268 g/mol. The summed E-state index contributed by atoms with van der Waals surface area (Å²) in [6, 6.07) is 7.46. The summed E-state index contributed by atoms with van der Waals surface area (Å²) in [5.41, 5.74) is 9.25. The molecule has 0 aliphatic carbocycles. The second-order valence-corrected chi connectivity index (χ2v) is 4.86. The zero-order chi connectivity index (χ0) is 15.4. The van der Waals surface area contributed by atoms with Crippen molar-refractivity contribution >= 4 is 5.84 Å². The lowest BCUT2D eigenvalue weighted by atomic mass is 10.1. The first-order valence-corrected chi connectivity index (χ1v) is 6.78. The SMILES string of the molecule is CCc1cc(COc2cc(/C(N)=N/O)ccc2C)n(C)n1. The summed E-state index contributed by atoms with van der Waals surface area (Å²) in [4.78, 5) is 0. The predicted octanol–water partition coefficient (Wildman–Crippen LogP) is 1.96. The van der Waals surface area contributed by atoms with Crippen LogP contribution in [0.4, 0.5) is 0 Å². The average molecular weight is 288 g/mol. The Morgan fingerprint density at radius 2 is 2.19 bits per heavy atom. The zero-order valence-electron chi connectivity index (χ0n) is 12.5. The van der Waals surface area contributed by atoms with E-state index in [9.17, 15) is 0 Å². The molecule has 0 bridgehead atoms. The van der Waals surface area contributed by atoms with Gasteiger partial charge >= 0.3 is 0 Å². The molecule has 6 heteroatoms. The van der Waals surface area contributed by atoms with Gasteiger partial charge in [-0.2, -0.15) is 5.10 Å². The molecule has 3 N–H and O–H groups in total. The van der Waals surface area contributed by atoms with Crippen LogP contribution in [-0.2, 0) is 20.1 Å². The summed E-state index contributed by atoms with van der Waals surface area (Å²) < 4.78 is 7.66. The lowest BCUT2D eigenvalue weighted by Crippen LogP contribution is -2.13. The number of ether oxygens (including phenoxy) is 1. The van der Waals surface area contributed by atoms with Crippen molar-refractivity contribution in [2.75, 3.05) is 0 Å². The van der Waals surface area contributed by atoms with Gasteiger partial charge in [0, 0.05) is 12.6 Å². The fraction of sp³-hybridized carbons (Fsp3) is 0.333. The Kier molecular flexibility index (Phi) is 4.47. The van der Waals surface area contributed by atoms with Gasteiger partial charge in [-0.25, -0.2) is 0 Å². The molecule has 0 aliphatic rings. The van der Waals surface area contributed by atoms with Crippen LogP contribution in [0.15, 0.2) is 29.4 Å². The quantitative estimate of drug-likeness (QED) is 0.381. The molecule has 0 atom stereocenters. The number of aromatic nitrogens is 2. The highest BCUT2D eigenvalue weighted by Crippen LogP contribution is 2.21. The minimum atomic E-state index is 0.0636. The van der Waals surface area contributed by atoms with Crippen molar-refractivity contribution in [1.82, 2.24) is 9.78 Å². The molecule has 6 nitrogen and oxygen atoms in total. The molecule has 21 heavy (non-hydrogen) atoms. The highest BCUT2D eigenvalue weighted by atomic mass is 16.5. The van der Waals surface area contributed by atoms with Gasteiger partial charge in [-0.1, -0.05) is 24.2 Å². The van der Waals surface area contributed by atoms with Crippen LogP contribution in [0.1, 0.15) is 29.4 Å². The summed E-state index contributed by atoms with van der Waals surface area (Å²) in [5, 5.41) is 16.1. The highest BCUT2D eigenvalue weighted by Gasteiger charge is 2.08. The number of rotatable bonds is 5. The van der Waals surface area contributed by atoms with Gasteiger partial charge in [-0.15, -0.1) is 0 Å². The third-order valence-electron chi connectivity index (χ3n) is 3.36. The first kappa shape index (κ1) is 14.9. The van der Waals surface area contributed by atoms with Crippen LogP contribution in [-0.4, -0.2) is 20.8 Å². The van der Waals surface area contributed by atoms with E-state index in [1.165, 1.54) is 0 Å².